The van der Waals surface area contributed by atoms with Gasteiger partial charge in [-0.3, -0.25) is 4.79 Å². The second-order valence-corrected chi connectivity index (χ2v) is 3.90. The van der Waals surface area contributed by atoms with Gasteiger partial charge in [0.2, 0.25) is 5.88 Å². The molecule has 0 radical (unpaired) electrons. The fourth-order valence-corrected chi connectivity index (χ4v) is 1.53. The first kappa shape index (κ1) is 12.8. The summed E-state index contributed by atoms with van der Waals surface area (Å²) >= 11 is 0. The van der Waals surface area contributed by atoms with Crippen molar-refractivity contribution in [3.05, 3.63) is 53.7 Å². The van der Waals surface area contributed by atoms with Gasteiger partial charge in [-0.15, -0.1) is 0 Å². The molecule has 94 valence electrons. The second kappa shape index (κ2) is 5.78. The van der Waals surface area contributed by atoms with Gasteiger partial charge in [-0.25, -0.2) is 4.98 Å². The number of hydrogen-bond acceptors (Lipinski definition) is 4. The minimum atomic E-state index is 0.0532. The third-order valence-electron chi connectivity index (χ3n) is 2.59. The van der Waals surface area contributed by atoms with Crippen LogP contribution in [-0.4, -0.2) is 10.8 Å². The fraction of sp³-hybridized carbons (Fsp3) is 0.133. The second-order valence-electron chi connectivity index (χ2n) is 3.90. The van der Waals surface area contributed by atoms with Crippen molar-refractivity contribution in [3.8, 4) is 17.7 Å². The van der Waals surface area contributed by atoms with Crippen LogP contribution >= 0.6 is 0 Å². The van der Waals surface area contributed by atoms with Gasteiger partial charge in [-0.05, 0) is 30.3 Å². The molecule has 1 aromatic carbocycles. The number of carbonyl (C=O) groups excluding carboxylic acids is 1. The topological polar surface area (TPSA) is 63.0 Å². The number of nitrogens with zero attached hydrogens (tertiary/aromatic N) is 2. The molecule has 0 N–H and O–H groups in total. The van der Waals surface area contributed by atoms with Crippen LogP contribution in [0.4, 0.5) is 0 Å². The van der Waals surface area contributed by atoms with Gasteiger partial charge in [0, 0.05) is 24.2 Å². The van der Waals surface area contributed by atoms with Gasteiger partial charge in [0.25, 0.3) is 0 Å². The normalized spacial score (nSPS) is 9.68. The quantitative estimate of drug-likeness (QED) is 0.783. The first-order valence-corrected chi connectivity index (χ1v) is 5.90. The maximum absolute atomic E-state index is 11.4. The monoisotopic (exact) mass is 252 g/mol. The van der Waals surface area contributed by atoms with Crippen LogP contribution in [0.15, 0.2) is 42.6 Å². The molecule has 0 unspecified atom stereocenters. The summed E-state index contributed by atoms with van der Waals surface area (Å²) in [5.74, 6) is 1.07. The summed E-state index contributed by atoms with van der Waals surface area (Å²) in [6.07, 6.45) is 1.96. The van der Waals surface area contributed by atoms with E-state index in [1.807, 2.05) is 13.0 Å². The summed E-state index contributed by atoms with van der Waals surface area (Å²) in [5, 5.41) is 8.69. The first-order valence-electron chi connectivity index (χ1n) is 5.90. The summed E-state index contributed by atoms with van der Waals surface area (Å²) < 4.78 is 5.51. The van der Waals surface area contributed by atoms with E-state index < -0.39 is 0 Å². The van der Waals surface area contributed by atoms with Crippen molar-refractivity contribution in [2.75, 3.05) is 0 Å². The number of pyridine rings is 1. The Bertz CT molecular complexity index is 610. The molecular weight excluding hydrogens is 240 g/mol. The Hall–Kier alpha value is -2.67. The van der Waals surface area contributed by atoms with Crippen LogP contribution in [-0.2, 0) is 0 Å². The Morgan fingerprint density at radius 1 is 1.26 bits per heavy atom. The van der Waals surface area contributed by atoms with Gasteiger partial charge < -0.3 is 4.74 Å². The largest absolute Gasteiger partial charge is 0.439 e. The van der Waals surface area contributed by atoms with E-state index in [2.05, 4.69) is 4.98 Å². The molecule has 0 amide bonds. The SMILES string of the molecule is CCC(=O)c1ccc(Oc2ccc(C#N)cc2)nc1. The van der Waals surface area contributed by atoms with Crippen LogP contribution in [0.2, 0.25) is 0 Å². The standard InChI is InChI=1S/C15H12N2O2/c1-2-14(18)12-5-8-15(17-10-12)19-13-6-3-11(9-16)4-7-13/h3-8,10H,2H2,1H3. The predicted octanol–water partition coefficient (Wildman–Crippen LogP) is 3.34. The van der Waals surface area contributed by atoms with Crippen LogP contribution in [0.25, 0.3) is 0 Å². The van der Waals surface area contributed by atoms with Crippen molar-refractivity contribution in [3.63, 3.8) is 0 Å². The van der Waals surface area contributed by atoms with Crippen LogP contribution in [0.3, 0.4) is 0 Å². The maximum Gasteiger partial charge on any atom is 0.219 e. The number of ketones is 1. The molecule has 1 aromatic heterocycles. The summed E-state index contributed by atoms with van der Waals surface area (Å²) in [6, 6.07) is 12.1. The molecule has 2 aromatic rings. The minimum Gasteiger partial charge on any atom is -0.439 e. The summed E-state index contributed by atoms with van der Waals surface area (Å²) in [5.41, 5.74) is 1.15. The highest BCUT2D eigenvalue weighted by molar-refractivity contribution is 5.95. The third kappa shape index (κ3) is 3.17. The fourth-order valence-electron chi connectivity index (χ4n) is 1.53. The van der Waals surface area contributed by atoms with Crippen molar-refractivity contribution in [1.82, 2.24) is 4.98 Å². The third-order valence-corrected chi connectivity index (χ3v) is 2.59. The summed E-state index contributed by atoms with van der Waals surface area (Å²) in [4.78, 5) is 15.5. The molecule has 0 saturated heterocycles. The molecule has 4 nitrogen and oxygen atoms in total. The molecule has 19 heavy (non-hydrogen) atoms. The average Bonchev–Trinajstić information content (AvgIpc) is 2.48. The van der Waals surface area contributed by atoms with Gasteiger partial charge in [0.05, 0.1) is 11.6 Å². The number of rotatable bonds is 4. The number of carbonyl (C=O) groups is 1. The van der Waals surface area contributed by atoms with Gasteiger partial charge in [-0.2, -0.15) is 5.26 Å². The highest BCUT2D eigenvalue weighted by Crippen LogP contribution is 2.19. The number of benzene rings is 1. The Morgan fingerprint density at radius 3 is 2.53 bits per heavy atom. The van der Waals surface area contributed by atoms with E-state index in [4.69, 9.17) is 10.00 Å². The van der Waals surface area contributed by atoms with E-state index in [1.54, 1.807) is 36.4 Å². The average molecular weight is 252 g/mol. The number of hydrogen-bond donors (Lipinski definition) is 0. The Labute approximate surface area is 111 Å². The molecule has 0 aliphatic rings. The summed E-state index contributed by atoms with van der Waals surface area (Å²) in [6.45, 7) is 1.81. The molecule has 1 heterocycles. The van der Waals surface area contributed by atoms with Crippen LogP contribution < -0.4 is 4.74 Å². The van der Waals surface area contributed by atoms with E-state index >= 15 is 0 Å². The number of Topliss-reactive ketones (excluding diaryl/α,β-unsaturated/α-hetero) is 1. The number of ether oxygens (including phenoxy) is 1. The van der Waals surface area contributed by atoms with E-state index in [-0.39, 0.29) is 5.78 Å². The van der Waals surface area contributed by atoms with Crippen molar-refractivity contribution in [1.29, 1.82) is 5.26 Å². The van der Waals surface area contributed by atoms with Crippen molar-refractivity contribution in [2.24, 2.45) is 0 Å². The number of aromatic nitrogens is 1. The Morgan fingerprint density at radius 2 is 2.00 bits per heavy atom. The minimum absolute atomic E-state index is 0.0532. The number of nitriles is 1. The highest BCUT2D eigenvalue weighted by atomic mass is 16.5. The molecule has 0 fully saturated rings. The zero-order chi connectivity index (χ0) is 13.7. The van der Waals surface area contributed by atoms with Crippen LogP contribution in [0.1, 0.15) is 29.3 Å². The van der Waals surface area contributed by atoms with E-state index in [9.17, 15) is 4.79 Å². The molecule has 0 spiro atoms. The molecular formula is C15H12N2O2. The maximum atomic E-state index is 11.4. The zero-order valence-electron chi connectivity index (χ0n) is 10.5. The van der Waals surface area contributed by atoms with E-state index in [0.717, 1.165) is 0 Å². The van der Waals surface area contributed by atoms with Gasteiger partial charge in [0.1, 0.15) is 5.75 Å². The molecule has 0 aliphatic heterocycles. The zero-order valence-corrected chi connectivity index (χ0v) is 10.5. The first-order chi connectivity index (χ1) is 9.22. The van der Waals surface area contributed by atoms with Gasteiger partial charge in [-0.1, -0.05) is 6.92 Å². The molecule has 2 rings (SSSR count). The van der Waals surface area contributed by atoms with Crippen LogP contribution in [0, 0.1) is 11.3 Å². The lowest BCUT2D eigenvalue weighted by Crippen LogP contribution is -1.97. The van der Waals surface area contributed by atoms with Crippen molar-refractivity contribution < 1.29 is 9.53 Å². The summed E-state index contributed by atoms with van der Waals surface area (Å²) in [7, 11) is 0. The van der Waals surface area contributed by atoms with Crippen molar-refractivity contribution >= 4 is 5.78 Å². The smallest absolute Gasteiger partial charge is 0.219 e. The van der Waals surface area contributed by atoms with E-state index in [1.165, 1.54) is 6.20 Å². The Kier molecular flexibility index (Phi) is 3.89. The van der Waals surface area contributed by atoms with Gasteiger partial charge in [0.15, 0.2) is 5.78 Å². The lowest BCUT2D eigenvalue weighted by molar-refractivity contribution is 0.0988. The molecule has 0 saturated carbocycles. The lowest BCUT2D eigenvalue weighted by Gasteiger charge is -2.05. The molecule has 0 bridgehead atoms. The molecule has 0 atom stereocenters. The molecule has 4 heteroatoms. The van der Waals surface area contributed by atoms with Crippen molar-refractivity contribution in [2.45, 2.75) is 13.3 Å². The van der Waals surface area contributed by atoms with Gasteiger partial charge >= 0.3 is 0 Å². The van der Waals surface area contributed by atoms with Crippen LogP contribution in [0.5, 0.6) is 11.6 Å². The predicted molar refractivity (Wildman–Crippen MR) is 70.1 cm³/mol. The lowest BCUT2D eigenvalue weighted by atomic mass is 10.1. The highest BCUT2D eigenvalue weighted by Gasteiger charge is 2.04. The molecule has 0 aliphatic carbocycles. The Balaban J connectivity index is 2.10. The van der Waals surface area contributed by atoms with E-state index in [0.29, 0.717) is 29.2 Å².